The Balaban J connectivity index is 1.36. The second kappa shape index (κ2) is 6.52. The standard InChI is InChI=1S/C19H22N6O2S/c1-23-18-17(12-22-23)19(21-13-20-18)24-7-9-25(10-8-24)28(26,27)16-6-5-14-3-2-4-15(14)11-16/h5-6,11-13H,2-4,7-10H2,1H3. The van der Waals surface area contributed by atoms with Crippen LogP contribution in [-0.2, 0) is 29.9 Å². The molecule has 1 aromatic carbocycles. The van der Waals surface area contributed by atoms with E-state index in [0.717, 1.165) is 36.1 Å². The van der Waals surface area contributed by atoms with Crippen molar-refractivity contribution in [2.75, 3.05) is 31.1 Å². The molecule has 5 rings (SSSR count). The van der Waals surface area contributed by atoms with E-state index in [-0.39, 0.29) is 0 Å². The Morgan fingerprint density at radius 3 is 2.61 bits per heavy atom. The minimum Gasteiger partial charge on any atom is -0.353 e. The third-order valence-electron chi connectivity index (χ3n) is 5.75. The van der Waals surface area contributed by atoms with Gasteiger partial charge in [-0.25, -0.2) is 18.4 Å². The van der Waals surface area contributed by atoms with Crippen molar-refractivity contribution >= 4 is 26.9 Å². The molecule has 0 amide bonds. The minimum atomic E-state index is -3.47. The second-order valence-electron chi connectivity index (χ2n) is 7.38. The van der Waals surface area contributed by atoms with Crippen LogP contribution in [0, 0.1) is 0 Å². The Labute approximate surface area is 163 Å². The highest BCUT2D eigenvalue weighted by atomic mass is 32.2. The van der Waals surface area contributed by atoms with Crippen molar-refractivity contribution in [3.63, 3.8) is 0 Å². The smallest absolute Gasteiger partial charge is 0.243 e. The monoisotopic (exact) mass is 398 g/mol. The molecule has 1 fully saturated rings. The zero-order chi connectivity index (χ0) is 19.3. The van der Waals surface area contributed by atoms with Gasteiger partial charge in [-0.2, -0.15) is 9.40 Å². The molecular formula is C19H22N6O2S. The van der Waals surface area contributed by atoms with Crippen LogP contribution in [0.25, 0.3) is 11.0 Å². The van der Waals surface area contributed by atoms with Gasteiger partial charge in [0, 0.05) is 33.2 Å². The van der Waals surface area contributed by atoms with Gasteiger partial charge in [0.05, 0.1) is 16.5 Å². The Morgan fingerprint density at radius 1 is 1.00 bits per heavy atom. The van der Waals surface area contributed by atoms with Gasteiger partial charge in [-0.3, -0.25) is 4.68 Å². The lowest BCUT2D eigenvalue weighted by Crippen LogP contribution is -2.49. The van der Waals surface area contributed by atoms with Gasteiger partial charge in [0.2, 0.25) is 10.0 Å². The highest BCUT2D eigenvalue weighted by Crippen LogP contribution is 2.28. The van der Waals surface area contributed by atoms with E-state index in [1.807, 2.05) is 19.2 Å². The number of sulfonamides is 1. The largest absolute Gasteiger partial charge is 0.353 e. The van der Waals surface area contributed by atoms with Crippen molar-refractivity contribution in [1.82, 2.24) is 24.1 Å². The van der Waals surface area contributed by atoms with Crippen molar-refractivity contribution in [1.29, 1.82) is 0 Å². The first-order valence-corrected chi connectivity index (χ1v) is 11.0. The first-order valence-electron chi connectivity index (χ1n) is 9.53. The van der Waals surface area contributed by atoms with Gasteiger partial charge in [0.25, 0.3) is 0 Å². The molecule has 3 heterocycles. The first kappa shape index (κ1) is 17.6. The first-order chi connectivity index (χ1) is 13.5. The van der Waals surface area contributed by atoms with Gasteiger partial charge in [-0.1, -0.05) is 6.07 Å². The summed E-state index contributed by atoms with van der Waals surface area (Å²) in [6, 6.07) is 5.61. The van der Waals surface area contributed by atoms with E-state index >= 15 is 0 Å². The van der Waals surface area contributed by atoms with Crippen LogP contribution in [-0.4, -0.2) is 58.7 Å². The molecule has 2 aromatic heterocycles. The van der Waals surface area contributed by atoms with Crippen molar-refractivity contribution in [3.05, 3.63) is 41.9 Å². The zero-order valence-corrected chi connectivity index (χ0v) is 16.6. The molecule has 0 bridgehead atoms. The van der Waals surface area contributed by atoms with Gasteiger partial charge in [0.15, 0.2) is 5.65 Å². The quantitative estimate of drug-likeness (QED) is 0.662. The number of hydrogen-bond donors (Lipinski definition) is 0. The average Bonchev–Trinajstić information content (AvgIpc) is 3.34. The number of aromatic nitrogens is 4. The van der Waals surface area contributed by atoms with Crippen molar-refractivity contribution in [2.45, 2.75) is 24.2 Å². The number of benzene rings is 1. The third kappa shape index (κ3) is 2.77. The lowest BCUT2D eigenvalue weighted by molar-refractivity contribution is 0.384. The summed E-state index contributed by atoms with van der Waals surface area (Å²) >= 11 is 0. The Morgan fingerprint density at radius 2 is 1.79 bits per heavy atom. The third-order valence-corrected chi connectivity index (χ3v) is 7.65. The molecular weight excluding hydrogens is 376 g/mol. The van der Waals surface area contributed by atoms with Crippen LogP contribution in [0.1, 0.15) is 17.5 Å². The molecule has 8 nitrogen and oxygen atoms in total. The number of rotatable bonds is 3. The van der Waals surface area contributed by atoms with Crippen LogP contribution in [0.3, 0.4) is 0 Å². The summed E-state index contributed by atoms with van der Waals surface area (Å²) in [5.41, 5.74) is 3.24. The van der Waals surface area contributed by atoms with Gasteiger partial charge >= 0.3 is 0 Å². The molecule has 1 saturated heterocycles. The summed E-state index contributed by atoms with van der Waals surface area (Å²) in [5, 5.41) is 5.14. The fraction of sp³-hybridized carbons (Fsp3) is 0.421. The van der Waals surface area contributed by atoms with E-state index in [0.29, 0.717) is 31.1 Å². The molecule has 0 saturated carbocycles. The Kier molecular flexibility index (Phi) is 4.09. The van der Waals surface area contributed by atoms with E-state index in [9.17, 15) is 8.42 Å². The zero-order valence-electron chi connectivity index (χ0n) is 15.7. The predicted molar refractivity (Wildman–Crippen MR) is 106 cm³/mol. The number of hydrogen-bond acceptors (Lipinski definition) is 6. The summed E-state index contributed by atoms with van der Waals surface area (Å²) in [4.78, 5) is 11.2. The summed E-state index contributed by atoms with van der Waals surface area (Å²) in [6.07, 6.45) is 6.43. The molecule has 9 heteroatoms. The fourth-order valence-corrected chi connectivity index (χ4v) is 5.67. The van der Waals surface area contributed by atoms with E-state index < -0.39 is 10.0 Å². The van der Waals surface area contributed by atoms with E-state index in [1.54, 1.807) is 21.3 Å². The van der Waals surface area contributed by atoms with Gasteiger partial charge in [-0.05, 0) is 42.5 Å². The molecule has 0 unspecified atom stereocenters. The normalized spacial score (nSPS) is 18.0. The summed E-state index contributed by atoms with van der Waals surface area (Å²) in [7, 11) is -1.62. The maximum Gasteiger partial charge on any atom is 0.243 e. The topological polar surface area (TPSA) is 84.2 Å². The number of nitrogens with zero attached hydrogens (tertiary/aromatic N) is 6. The van der Waals surface area contributed by atoms with Gasteiger partial charge < -0.3 is 4.90 Å². The van der Waals surface area contributed by atoms with Crippen molar-refractivity contribution in [2.24, 2.45) is 7.05 Å². The SMILES string of the molecule is Cn1ncc2c(N3CCN(S(=O)(=O)c4ccc5c(c4)CCC5)CC3)ncnc21. The van der Waals surface area contributed by atoms with Crippen LogP contribution in [0.5, 0.6) is 0 Å². The van der Waals surface area contributed by atoms with E-state index in [4.69, 9.17) is 0 Å². The predicted octanol–water partition coefficient (Wildman–Crippen LogP) is 1.36. The molecule has 0 N–H and O–H groups in total. The van der Waals surface area contributed by atoms with Crippen LogP contribution in [0.15, 0.2) is 35.6 Å². The lowest BCUT2D eigenvalue weighted by Gasteiger charge is -2.34. The minimum absolute atomic E-state index is 0.415. The highest BCUT2D eigenvalue weighted by molar-refractivity contribution is 7.89. The summed E-state index contributed by atoms with van der Waals surface area (Å²) < 4.78 is 29.5. The molecule has 0 atom stereocenters. The molecule has 146 valence electrons. The lowest BCUT2D eigenvalue weighted by atomic mass is 10.1. The number of piperazine rings is 1. The number of anilines is 1. The molecule has 3 aromatic rings. The maximum absolute atomic E-state index is 13.1. The Hall–Kier alpha value is -2.52. The molecule has 1 aliphatic heterocycles. The maximum atomic E-state index is 13.1. The second-order valence-corrected chi connectivity index (χ2v) is 9.32. The van der Waals surface area contributed by atoms with Crippen molar-refractivity contribution < 1.29 is 8.42 Å². The molecule has 2 aliphatic rings. The number of fused-ring (bicyclic) bond motifs is 2. The summed E-state index contributed by atoms with van der Waals surface area (Å²) in [5.74, 6) is 0.813. The van der Waals surface area contributed by atoms with Crippen LogP contribution < -0.4 is 4.90 Å². The van der Waals surface area contributed by atoms with Crippen molar-refractivity contribution in [3.8, 4) is 0 Å². The highest BCUT2D eigenvalue weighted by Gasteiger charge is 2.30. The van der Waals surface area contributed by atoms with E-state index in [2.05, 4.69) is 20.0 Å². The molecule has 28 heavy (non-hydrogen) atoms. The van der Waals surface area contributed by atoms with Crippen LogP contribution in [0.4, 0.5) is 5.82 Å². The average molecular weight is 398 g/mol. The van der Waals surface area contributed by atoms with Gasteiger partial charge in [0.1, 0.15) is 12.1 Å². The Bertz CT molecular complexity index is 1150. The summed E-state index contributed by atoms with van der Waals surface area (Å²) in [6.45, 7) is 2.05. The fourth-order valence-electron chi connectivity index (χ4n) is 4.20. The molecule has 1 aliphatic carbocycles. The van der Waals surface area contributed by atoms with Gasteiger partial charge in [-0.15, -0.1) is 0 Å². The molecule has 0 radical (unpaired) electrons. The van der Waals surface area contributed by atoms with Crippen LogP contribution >= 0.6 is 0 Å². The number of aryl methyl sites for hydroxylation is 3. The molecule has 0 spiro atoms. The van der Waals surface area contributed by atoms with E-state index in [1.165, 1.54) is 17.5 Å². The van der Waals surface area contributed by atoms with Crippen LogP contribution in [0.2, 0.25) is 0 Å².